The van der Waals surface area contributed by atoms with Crippen LogP contribution in [0, 0.1) is 11.8 Å². The van der Waals surface area contributed by atoms with Crippen molar-refractivity contribution in [1.29, 1.82) is 0 Å². The van der Waals surface area contributed by atoms with Crippen LogP contribution >= 0.6 is 15.9 Å². The number of halogens is 4. The van der Waals surface area contributed by atoms with Crippen molar-refractivity contribution in [2.75, 3.05) is 11.9 Å². The van der Waals surface area contributed by atoms with E-state index < -0.39 is 12.1 Å². The highest BCUT2D eigenvalue weighted by Crippen LogP contribution is 2.40. The second-order valence-electron chi connectivity index (χ2n) is 6.25. The summed E-state index contributed by atoms with van der Waals surface area (Å²) in [4.78, 5) is 14.6. The van der Waals surface area contributed by atoms with Gasteiger partial charge in [-0.25, -0.2) is 0 Å². The number of nitrogens with zero attached hydrogens (tertiary/aromatic N) is 1. The predicted octanol–water partition coefficient (Wildman–Crippen LogP) is 4.52. The van der Waals surface area contributed by atoms with E-state index in [1.54, 1.807) is 0 Å². The molecule has 0 aliphatic heterocycles. The molecule has 2 aliphatic carbocycles. The molecule has 0 aromatic heterocycles. The van der Waals surface area contributed by atoms with Gasteiger partial charge in [0, 0.05) is 23.8 Å². The minimum atomic E-state index is -4.10. The number of carbonyl (C=O) groups is 1. The molecule has 122 valence electrons. The highest BCUT2D eigenvalue weighted by molar-refractivity contribution is 9.09. The average molecular weight is 370 g/mol. The number of amides is 1. The molecule has 2 rings (SSSR count). The van der Waals surface area contributed by atoms with Crippen molar-refractivity contribution in [3.8, 4) is 0 Å². The standard InChI is InChI=1S/C15H23BrF3NO/c16-9-10-20(13-3-1-2-4-13)14(21)11-5-7-12(8-6-11)15(17,18)19/h11-13H,1-10H2. The van der Waals surface area contributed by atoms with Gasteiger partial charge in [-0.2, -0.15) is 13.2 Å². The summed E-state index contributed by atoms with van der Waals surface area (Å²) in [6.07, 6.45) is 1.25. The zero-order valence-electron chi connectivity index (χ0n) is 12.2. The molecule has 1 amide bonds. The van der Waals surface area contributed by atoms with Gasteiger partial charge in [-0.3, -0.25) is 4.79 Å². The Kier molecular flexibility index (Phi) is 5.97. The van der Waals surface area contributed by atoms with Crippen LogP contribution in [0.25, 0.3) is 0 Å². The predicted molar refractivity (Wildman–Crippen MR) is 79.3 cm³/mol. The summed E-state index contributed by atoms with van der Waals surface area (Å²) in [5.74, 6) is -1.33. The third-order valence-corrected chi connectivity index (χ3v) is 5.27. The maximum Gasteiger partial charge on any atom is 0.391 e. The lowest BCUT2D eigenvalue weighted by molar-refractivity contribution is -0.185. The number of hydrogen-bond acceptors (Lipinski definition) is 1. The van der Waals surface area contributed by atoms with Crippen LogP contribution in [0.4, 0.5) is 13.2 Å². The summed E-state index contributed by atoms with van der Waals surface area (Å²) in [6.45, 7) is 0.669. The van der Waals surface area contributed by atoms with Crippen LogP contribution in [0.1, 0.15) is 51.4 Å². The largest absolute Gasteiger partial charge is 0.391 e. The zero-order chi connectivity index (χ0) is 15.5. The third kappa shape index (κ3) is 4.36. The molecule has 21 heavy (non-hydrogen) atoms. The molecule has 0 bridgehead atoms. The van der Waals surface area contributed by atoms with Gasteiger partial charge in [-0.15, -0.1) is 0 Å². The minimum absolute atomic E-state index is 0.0852. The summed E-state index contributed by atoms with van der Waals surface area (Å²) >= 11 is 3.38. The summed E-state index contributed by atoms with van der Waals surface area (Å²) < 4.78 is 38.1. The summed E-state index contributed by atoms with van der Waals surface area (Å²) in [5.41, 5.74) is 0. The molecule has 2 saturated carbocycles. The normalized spacial score (nSPS) is 27.8. The van der Waals surface area contributed by atoms with Crippen molar-refractivity contribution in [2.45, 2.75) is 63.6 Å². The van der Waals surface area contributed by atoms with Crippen LogP contribution in [0.3, 0.4) is 0 Å². The first-order valence-electron chi connectivity index (χ1n) is 7.86. The Labute approximate surface area is 132 Å². The van der Waals surface area contributed by atoms with E-state index in [2.05, 4.69) is 15.9 Å². The first-order chi connectivity index (χ1) is 9.93. The Morgan fingerprint density at radius 2 is 1.62 bits per heavy atom. The van der Waals surface area contributed by atoms with E-state index >= 15 is 0 Å². The number of alkyl halides is 4. The number of rotatable bonds is 4. The van der Waals surface area contributed by atoms with Gasteiger partial charge in [0.1, 0.15) is 0 Å². The zero-order valence-corrected chi connectivity index (χ0v) is 13.8. The van der Waals surface area contributed by atoms with Gasteiger partial charge in [-0.05, 0) is 38.5 Å². The Morgan fingerprint density at radius 1 is 1.05 bits per heavy atom. The van der Waals surface area contributed by atoms with Gasteiger partial charge in [0.2, 0.25) is 5.91 Å². The van der Waals surface area contributed by atoms with Crippen LogP contribution in [0.5, 0.6) is 0 Å². The lowest BCUT2D eigenvalue weighted by atomic mass is 9.81. The summed E-state index contributed by atoms with van der Waals surface area (Å²) in [6, 6.07) is 0.301. The molecule has 0 heterocycles. The Balaban J connectivity index is 1.92. The van der Waals surface area contributed by atoms with E-state index in [9.17, 15) is 18.0 Å². The molecule has 2 nitrogen and oxygen atoms in total. The van der Waals surface area contributed by atoms with Gasteiger partial charge < -0.3 is 4.90 Å². The molecular formula is C15H23BrF3NO. The Morgan fingerprint density at radius 3 is 2.10 bits per heavy atom. The van der Waals surface area contributed by atoms with E-state index in [1.165, 1.54) is 0 Å². The van der Waals surface area contributed by atoms with E-state index in [-0.39, 0.29) is 24.7 Å². The molecule has 0 N–H and O–H groups in total. The molecule has 0 atom stereocenters. The van der Waals surface area contributed by atoms with Gasteiger partial charge in [0.15, 0.2) is 0 Å². The molecule has 2 aliphatic rings. The number of carbonyl (C=O) groups excluding carboxylic acids is 1. The molecular weight excluding hydrogens is 347 g/mol. The fourth-order valence-electron chi connectivity index (χ4n) is 3.68. The monoisotopic (exact) mass is 369 g/mol. The lowest BCUT2D eigenvalue weighted by Crippen LogP contribution is -2.44. The molecule has 0 spiro atoms. The molecule has 0 saturated heterocycles. The fraction of sp³-hybridized carbons (Fsp3) is 0.933. The molecule has 0 aromatic rings. The molecule has 0 aromatic carbocycles. The second kappa shape index (κ2) is 7.34. The molecule has 0 radical (unpaired) electrons. The lowest BCUT2D eigenvalue weighted by Gasteiger charge is -2.35. The van der Waals surface area contributed by atoms with Crippen molar-refractivity contribution in [2.24, 2.45) is 11.8 Å². The average Bonchev–Trinajstić information content (AvgIpc) is 2.97. The van der Waals surface area contributed by atoms with Gasteiger partial charge in [0.05, 0.1) is 5.92 Å². The van der Waals surface area contributed by atoms with E-state index in [1.807, 2.05) is 4.90 Å². The quantitative estimate of drug-likeness (QED) is 0.667. The van der Waals surface area contributed by atoms with Crippen molar-refractivity contribution < 1.29 is 18.0 Å². The van der Waals surface area contributed by atoms with E-state index in [0.29, 0.717) is 25.4 Å². The van der Waals surface area contributed by atoms with E-state index in [0.717, 1.165) is 31.0 Å². The van der Waals surface area contributed by atoms with Crippen LogP contribution in [0.2, 0.25) is 0 Å². The van der Waals surface area contributed by atoms with Crippen LogP contribution in [0.15, 0.2) is 0 Å². The van der Waals surface area contributed by atoms with Crippen molar-refractivity contribution in [3.63, 3.8) is 0 Å². The van der Waals surface area contributed by atoms with Crippen LogP contribution in [-0.2, 0) is 4.79 Å². The molecule has 2 fully saturated rings. The van der Waals surface area contributed by atoms with E-state index in [4.69, 9.17) is 0 Å². The van der Waals surface area contributed by atoms with Gasteiger partial charge >= 0.3 is 6.18 Å². The number of hydrogen-bond donors (Lipinski definition) is 0. The van der Waals surface area contributed by atoms with Crippen LogP contribution < -0.4 is 0 Å². The smallest absolute Gasteiger partial charge is 0.339 e. The van der Waals surface area contributed by atoms with Crippen molar-refractivity contribution in [3.05, 3.63) is 0 Å². The SMILES string of the molecule is O=C(C1CCC(C(F)(F)F)CC1)N(CCBr)C1CCCC1. The van der Waals surface area contributed by atoms with Gasteiger partial charge in [-0.1, -0.05) is 28.8 Å². The Bertz CT molecular complexity index is 347. The second-order valence-corrected chi connectivity index (χ2v) is 7.04. The maximum atomic E-state index is 12.7. The first-order valence-corrected chi connectivity index (χ1v) is 8.98. The summed E-state index contributed by atoms with van der Waals surface area (Å²) in [7, 11) is 0. The van der Waals surface area contributed by atoms with Crippen molar-refractivity contribution >= 4 is 21.8 Å². The topological polar surface area (TPSA) is 20.3 Å². The molecule has 0 unspecified atom stereocenters. The highest BCUT2D eigenvalue weighted by atomic mass is 79.9. The first kappa shape index (κ1) is 17.1. The highest BCUT2D eigenvalue weighted by Gasteiger charge is 2.43. The maximum absolute atomic E-state index is 12.7. The van der Waals surface area contributed by atoms with Gasteiger partial charge in [0.25, 0.3) is 0 Å². The van der Waals surface area contributed by atoms with Crippen molar-refractivity contribution in [1.82, 2.24) is 4.90 Å². The summed E-state index contributed by atoms with van der Waals surface area (Å²) in [5, 5.41) is 0.729. The Hall–Kier alpha value is -0.260. The fourth-order valence-corrected chi connectivity index (χ4v) is 4.06. The molecule has 6 heteroatoms. The minimum Gasteiger partial charge on any atom is -0.339 e. The third-order valence-electron chi connectivity index (χ3n) is 4.91. The van der Waals surface area contributed by atoms with Crippen LogP contribution in [-0.4, -0.2) is 34.9 Å².